The summed E-state index contributed by atoms with van der Waals surface area (Å²) >= 11 is 0. The molecular formula is C15H6F8N2. The van der Waals surface area contributed by atoms with Gasteiger partial charge in [0.25, 0.3) is 0 Å². The first-order valence-corrected chi connectivity index (χ1v) is 6.93. The van der Waals surface area contributed by atoms with Crippen molar-refractivity contribution in [2.75, 3.05) is 16.5 Å². The van der Waals surface area contributed by atoms with Gasteiger partial charge in [-0.05, 0) is 0 Å². The zero-order chi connectivity index (χ0) is 18.2. The minimum absolute atomic E-state index is 0.372. The van der Waals surface area contributed by atoms with E-state index in [4.69, 9.17) is 0 Å². The van der Waals surface area contributed by atoms with Gasteiger partial charge in [-0.1, -0.05) is 0 Å². The smallest absolute Gasteiger partial charge is 0.199 e. The Morgan fingerprint density at radius 2 is 0.760 bits per heavy atom. The third kappa shape index (κ3) is 1.90. The van der Waals surface area contributed by atoms with Gasteiger partial charge in [-0.3, -0.25) is 0 Å². The van der Waals surface area contributed by atoms with Gasteiger partial charge in [-0.15, -0.1) is 0 Å². The summed E-state index contributed by atoms with van der Waals surface area (Å²) in [6.45, 7) is -1.73. The van der Waals surface area contributed by atoms with Crippen LogP contribution in [0.3, 0.4) is 0 Å². The van der Waals surface area contributed by atoms with Crippen LogP contribution in [0, 0.1) is 46.5 Å². The molecule has 0 aromatic heterocycles. The molecule has 2 aromatic rings. The van der Waals surface area contributed by atoms with Gasteiger partial charge in [-0.2, -0.15) is 0 Å². The van der Waals surface area contributed by atoms with E-state index in [0.717, 1.165) is 9.80 Å². The lowest BCUT2D eigenvalue weighted by Gasteiger charge is -2.44. The molecule has 0 saturated heterocycles. The second kappa shape index (κ2) is 4.99. The fourth-order valence-corrected chi connectivity index (χ4v) is 3.27. The van der Waals surface area contributed by atoms with E-state index in [1.165, 1.54) is 0 Å². The van der Waals surface area contributed by atoms with Crippen LogP contribution < -0.4 is 9.80 Å². The fraction of sp³-hybridized carbons (Fsp3) is 0.200. The number of anilines is 2. The zero-order valence-corrected chi connectivity index (χ0v) is 12.0. The van der Waals surface area contributed by atoms with Crippen LogP contribution in [-0.4, -0.2) is 6.67 Å². The van der Waals surface area contributed by atoms with E-state index in [1.54, 1.807) is 0 Å². The maximum Gasteiger partial charge on any atom is 0.199 e. The average molecular weight is 366 g/mol. The highest BCUT2D eigenvalue weighted by molar-refractivity contribution is 5.69. The molecule has 0 aliphatic carbocycles. The standard InChI is InChI=1S/C15H6F8N2/c16-6-4-1-24-3-25(14(4)12(22)10(20)8(6)18)2-5-7(17)9(19)11(21)13(23)15(5)24/h1-3H2. The van der Waals surface area contributed by atoms with Crippen LogP contribution in [-0.2, 0) is 13.1 Å². The molecule has 4 rings (SSSR count). The van der Waals surface area contributed by atoms with Gasteiger partial charge in [0, 0.05) is 24.2 Å². The molecular weight excluding hydrogens is 360 g/mol. The van der Waals surface area contributed by atoms with Crippen molar-refractivity contribution in [2.24, 2.45) is 0 Å². The van der Waals surface area contributed by atoms with E-state index in [-0.39, 0.29) is 6.67 Å². The highest BCUT2D eigenvalue weighted by atomic mass is 19.2. The second-order valence-corrected chi connectivity index (χ2v) is 5.70. The van der Waals surface area contributed by atoms with Gasteiger partial charge >= 0.3 is 0 Å². The number of fused-ring (bicyclic) bond motifs is 6. The normalized spacial score (nSPS) is 15.4. The number of hydrogen-bond donors (Lipinski definition) is 0. The number of rotatable bonds is 0. The Balaban J connectivity index is 1.98. The molecule has 0 fully saturated rings. The predicted octanol–water partition coefficient (Wildman–Crippen LogP) is 4.10. The number of hydrogen-bond acceptors (Lipinski definition) is 2. The fourth-order valence-electron chi connectivity index (χ4n) is 3.27. The molecule has 0 amide bonds. The number of nitrogens with zero attached hydrogens (tertiary/aromatic N) is 2. The molecule has 0 saturated carbocycles. The molecule has 2 bridgehead atoms. The zero-order valence-electron chi connectivity index (χ0n) is 12.0. The summed E-state index contributed by atoms with van der Waals surface area (Å²) in [6, 6.07) is 0. The van der Waals surface area contributed by atoms with Gasteiger partial charge in [-0.25, -0.2) is 35.1 Å². The Hall–Kier alpha value is -2.52. The molecule has 2 heterocycles. The van der Waals surface area contributed by atoms with E-state index in [1.807, 2.05) is 0 Å². The molecule has 0 N–H and O–H groups in total. The third-order valence-electron chi connectivity index (χ3n) is 4.35. The Morgan fingerprint density at radius 1 is 0.440 bits per heavy atom. The highest BCUT2D eigenvalue weighted by Crippen LogP contribution is 2.44. The van der Waals surface area contributed by atoms with Crippen molar-refractivity contribution in [3.63, 3.8) is 0 Å². The lowest BCUT2D eigenvalue weighted by molar-refractivity contribution is 0.387. The van der Waals surface area contributed by atoms with Gasteiger partial charge in [0.2, 0.25) is 0 Å². The Bertz CT molecular complexity index is 867. The summed E-state index contributed by atoms with van der Waals surface area (Å²) in [7, 11) is 0. The predicted molar refractivity (Wildman–Crippen MR) is 69.8 cm³/mol. The van der Waals surface area contributed by atoms with Crippen molar-refractivity contribution >= 4 is 11.4 Å². The van der Waals surface area contributed by atoms with E-state index < -0.39 is 82.1 Å². The van der Waals surface area contributed by atoms with Crippen molar-refractivity contribution in [3.05, 3.63) is 57.7 Å². The first kappa shape index (κ1) is 16.0. The minimum Gasteiger partial charge on any atom is -0.346 e. The van der Waals surface area contributed by atoms with Crippen molar-refractivity contribution in [3.8, 4) is 0 Å². The number of benzene rings is 2. The molecule has 25 heavy (non-hydrogen) atoms. The van der Waals surface area contributed by atoms with Crippen LogP contribution >= 0.6 is 0 Å². The van der Waals surface area contributed by atoms with Crippen molar-refractivity contribution in [2.45, 2.75) is 13.1 Å². The van der Waals surface area contributed by atoms with Crippen LogP contribution in [0.4, 0.5) is 46.5 Å². The lowest BCUT2D eigenvalue weighted by Crippen LogP contribution is -2.48. The summed E-state index contributed by atoms with van der Waals surface area (Å²) in [5.41, 5.74) is -2.58. The van der Waals surface area contributed by atoms with Gasteiger partial charge < -0.3 is 9.80 Å². The second-order valence-electron chi connectivity index (χ2n) is 5.70. The van der Waals surface area contributed by atoms with Crippen molar-refractivity contribution in [1.82, 2.24) is 0 Å². The van der Waals surface area contributed by atoms with E-state index in [2.05, 4.69) is 0 Å². The first-order valence-electron chi connectivity index (χ1n) is 6.93. The van der Waals surface area contributed by atoms with Gasteiger partial charge in [0.05, 0.1) is 18.0 Å². The van der Waals surface area contributed by atoms with Gasteiger partial charge in [0.15, 0.2) is 46.5 Å². The average Bonchev–Trinajstić information content (AvgIpc) is 2.60. The Kier molecular flexibility index (Phi) is 3.19. The van der Waals surface area contributed by atoms with E-state index >= 15 is 0 Å². The van der Waals surface area contributed by atoms with Crippen LogP contribution in [0.15, 0.2) is 0 Å². The largest absolute Gasteiger partial charge is 0.346 e. The van der Waals surface area contributed by atoms with E-state index in [0.29, 0.717) is 0 Å². The third-order valence-corrected chi connectivity index (χ3v) is 4.35. The van der Waals surface area contributed by atoms with Gasteiger partial charge in [0.1, 0.15) is 0 Å². The molecule has 2 aromatic carbocycles. The topological polar surface area (TPSA) is 6.48 Å². The molecule has 0 unspecified atom stereocenters. The molecule has 0 radical (unpaired) electrons. The molecule has 10 heteroatoms. The van der Waals surface area contributed by atoms with Crippen LogP contribution in [0.5, 0.6) is 0 Å². The van der Waals surface area contributed by atoms with E-state index in [9.17, 15) is 35.1 Å². The monoisotopic (exact) mass is 366 g/mol. The first-order chi connectivity index (χ1) is 11.7. The molecule has 2 aliphatic rings. The molecule has 0 atom stereocenters. The molecule has 2 aliphatic heterocycles. The summed E-state index contributed by atoms with van der Waals surface area (Å²) < 4.78 is 110. The summed E-state index contributed by atoms with van der Waals surface area (Å²) in [5.74, 6) is -14.9. The maximum atomic E-state index is 14.1. The van der Waals surface area contributed by atoms with Crippen LogP contribution in [0.25, 0.3) is 0 Å². The number of halogens is 8. The maximum absolute atomic E-state index is 14.1. The van der Waals surface area contributed by atoms with Crippen molar-refractivity contribution < 1.29 is 35.1 Å². The minimum atomic E-state index is -2.05. The Labute approximate surface area is 134 Å². The lowest BCUT2D eigenvalue weighted by atomic mass is 9.99. The summed E-state index contributed by atoms with van der Waals surface area (Å²) in [6.07, 6.45) is 0. The highest BCUT2D eigenvalue weighted by Gasteiger charge is 2.40. The summed E-state index contributed by atoms with van der Waals surface area (Å²) in [5, 5.41) is 0. The van der Waals surface area contributed by atoms with Crippen LogP contribution in [0.2, 0.25) is 0 Å². The van der Waals surface area contributed by atoms with Crippen LogP contribution in [0.1, 0.15) is 11.1 Å². The summed E-state index contributed by atoms with van der Waals surface area (Å²) in [4.78, 5) is 1.78. The quantitative estimate of drug-likeness (QED) is 0.394. The Morgan fingerprint density at radius 3 is 1.12 bits per heavy atom. The molecule has 0 spiro atoms. The molecule has 2 nitrogen and oxygen atoms in total. The molecule has 132 valence electrons. The SMILES string of the molecule is Fc1c(F)c(F)c2c(c1F)CN1CN2Cc2c(F)c(F)c(F)c(F)c21. The van der Waals surface area contributed by atoms with Crippen molar-refractivity contribution in [1.29, 1.82) is 0 Å².